The van der Waals surface area contributed by atoms with Gasteiger partial charge in [-0.3, -0.25) is 10.1 Å². The maximum Gasteiger partial charge on any atom is 0.269 e. The molecule has 0 saturated carbocycles. The zero-order valence-electron chi connectivity index (χ0n) is 16.5. The second-order valence-corrected chi connectivity index (χ2v) is 7.37. The van der Waals surface area contributed by atoms with E-state index in [9.17, 15) is 45.9 Å². The van der Waals surface area contributed by atoms with Gasteiger partial charge < -0.3 is 54.7 Å². The number of non-ortho nitro benzene ring substituents is 1. The first kappa shape index (κ1) is 24.7. The SMILES string of the molecule is O=[N+]([O-])c1ccc(O[C@@H]2OC(CO)[C@@H](O[C@@H]3OC(CO)[C@@H](O)[C@H](O)[C@H]3O)[C@H](O)[C@H]2O)cc1. The number of aliphatic hydroxyl groups is 7. The first-order valence-corrected chi connectivity index (χ1v) is 9.67. The van der Waals surface area contributed by atoms with Gasteiger partial charge in [0.25, 0.3) is 5.69 Å². The van der Waals surface area contributed by atoms with Gasteiger partial charge in [0.15, 0.2) is 6.29 Å². The van der Waals surface area contributed by atoms with Gasteiger partial charge in [0, 0.05) is 12.1 Å². The van der Waals surface area contributed by atoms with E-state index in [0.29, 0.717) is 0 Å². The lowest BCUT2D eigenvalue weighted by Gasteiger charge is -2.45. The molecule has 2 unspecified atom stereocenters. The molecular formula is C18H25NO13. The van der Waals surface area contributed by atoms with E-state index in [-0.39, 0.29) is 11.4 Å². The van der Waals surface area contributed by atoms with Crippen molar-refractivity contribution in [1.82, 2.24) is 0 Å². The highest BCUT2D eigenvalue weighted by Gasteiger charge is 2.51. The highest BCUT2D eigenvalue weighted by atomic mass is 16.7. The largest absolute Gasteiger partial charge is 0.462 e. The number of rotatable bonds is 7. The molecule has 3 rings (SSSR count). The highest BCUT2D eigenvalue weighted by molar-refractivity contribution is 5.36. The minimum absolute atomic E-state index is 0.0804. The molecule has 10 atom stereocenters. The van der Waals surface area contributed by atoms with Gasteiger partial charge in [-0.1, -0.05) is 0 Å². The van der Waals surface area contributed by atoms with Gasteiger partial charge in [-0.05, 0) is 12.1 Å². The van der Waals surface area contributed by atoms with E-state index < -0.39 is 79.5 Å². The average Bonchev–Trinajstić information content (AvgIpc) is 2.79. The third kappa shape index (κ3) is 4.99. The predicted molar refractivity (Wildman–Crippen MR) is 100 cm³/mol. The molecule has 2 heterocycles. The van der Waals surface area contributed by atoms with Crippen LogP contribution in [0.15, 0.2) is 24.3 Å². The Morgan fingerprint density at radius 2 is 1.38 bits per heavy atom. The average molecular weight is 463 g/mol. The molecule has 0 aromatic heterocycles. The van der Waals surface area contributed by atoms with Crippen molar-refractivity contribution in [2.45, 2.75) is 61.4 Å². The monoisotopic (exact) mass is 463 g/mol. The summed E-state index contributed by atoms with van der Waals surface area (Å²) in [6, 6.07) is 4.83. The number of aliphatic hydroxyl groups excluding tert-OH is 7. The van der Waals surface area contributed by atoms with Crippen LogP contribution in [-0.2, 0) is 14.2 Å². The van der Waals surface area contributed by atoms with Crippen LogP contribution in [0.4, 0.5) is 5.69 Å². The Kier molecular flexibility index (Phi) is 7.94. The lowest BCUT2D eigenvalue weighted by atomic mass is 9.97. The van der Waals surface area contributed by atoms with Crippen LogP contribution in [0.1, 0.15) is 0 Å². The first-order chi connectivity index (χ1) is 15.2. The maximum absolute atomic E-state index is 10.7. The summed E-state index contributed by atoms with van der Waals surface area (Å²) in [5.41, 5.74) is -0.191. The van der Waals surface area contributed by atoms with E-state index in [1.807, 2.05) is 0 Å². The van der Waals surface area contributed by atoms with E-state index in [4.69, 9.17) is 18.9 Å². The molecule has 14 nitrogen and oxygen atoms in total. The van der Waals surface area contributed by atoms with Crippen molar-refractivity contribution >= 4 is 5.69 Å². The second-order valence-electron chi connectivity index (χ2n) is 7.37. The molecule has 0 aliphatic carbocycles. The minimum Gasteiger partial charge on any atom is -0.462 e. The summed E-state index contributed by atoms with van der Waals surface area (Å²) in [5, 5.41) is 80.4. The fourth-order valence-corrected chi connectivity index (χ4v) is 3.43. The second kappa shape index (κ2) is 10.3. The molecule has 2 fully saturated rings. The molecule has 32 heavy (non-hydrogen) atoms. The van der Waals surface area contributed by atoms with Gasteiger partial charge in [0.1, 0.15) is 54.6 Å². The predicted octanol–water partition coefficient (Wildman–Crippen LogP) is -3.40. The molecule has 0 bridgehead atoms. The summed E-state index contributed by atoms with van der Waals surface area (Å²) in [6.45, 7) is -1.42. The first-order valence-electron chi connectivity index (χ1n) is 9.67. The van der Waals surface area contributed by atoms with Crippen molar-refractivity contribution in [2.24, 2.45) is 0 Å². The molecule has 14 heteroatoms. The number of ether oxygens (including phenoxy) is 4. The molecular weight excluding hydrogens is 438 g/mol. The van der Waals surface area contributed by atoms with Gasteiger partial charge in [0.05, 0.1) is 18.1 Å². The van der Waals surface area contributed by atoms with Crippen LogP contribution in [0.25, 0.3) is 0 Å². The number of benzene rings is 1. The number of nitro groups is 1. The summed E-state index contributed by atoms with van der Waals surface area (Å²) in [4.78, 5) is 10.1. The molecule has 0 spiro atoms. The van der Waals surface area contributed by atoms with E-state index in [2.05, 4.69) is 0 Å². The molecule has 7 N–H and O–H groups in total. The highest BCUT2D eigenvalue weighted by Crippen LogP contribution is 2.30. The third-order valence-electron chi connectivity index (χ3n) is 5.26. The summed E-state index contributed by atoms with van der Waals surface area (Å²) >= 11 is 0. The fraction of sp³-hybridized carbons (Fsp3) is 0.667. The lowest BCUT2D eigenvalue weighted by Crippen LogP contribution is -2.65. The fourth-order valence-electron chi connectivity index (χ4n) is 3.43. The summed E-state index contributed by atoms with van der Waals surface area (Å²) in [5.74, 6) is 0.0804. The van der Waals surface area contributed by atoms with Crippen LogP contribution in [0.3, 0.4) is 0 Å². The Hall–Kier alpha value is -1.98. The Morgan fingerprint density at radius 1 is 0.812 bits per heavy atom. The number of hydrogen-bond acceptors (Lipinski definition) is 13. The van der Waals surface area contributed by atoms with Crippen LogP contribution in [-0.4, -0.2) is 115 Å². The van der Waals surface area contributed by atoms with E-state index in [1.54, 1.807) is 0 Å². The zero-order valence-corrected chi connectivity index (χ0v) is 16.5. The smallest absolute Gasteiger partial charge is 0.269 e. The Balaban J connectivity index is 1.70. The van der Waals surface area contributed by atoms with Crippen LogP contribution in [0.5, 0.6) is 5.75 Å². The quantitative estimate of drug-likeness (QED) is 0.155. The molecule has 1 aromatic carbocycles. The van der Waals surface area contributed by atoms with Gasteiger partial charge >= 0.3 is 0 Å². The van der Waals surface area contributed by atoms with E-state index in [1.165, 1.54) is 12.1 Å². The van der Waals surface area contributed by atoms with Crippen LogP contribution >= 0.6 is 0 Å². The zero-order chi connectivity index (χ0) is 23.6. The molecule has 0 amide bonds. The summed E-state index contributed by atoms with van der Waals surface area (Å²) in [6.07, 6.45) is -15.7. The Morgan fingerprint density at radius 3 is 1.94 bits per heavy atom. The van der Waals surface area contributed by atoms with Crippen molar-refractivity contribution in [1.29, 1.82) is 0 Å². The van der Waals surface area contributed by atoms with Gasteiger partial charge in [-0.15, -0.1) is 0 Å². The summed E-state index contributed by atoms with van der Waals surface area (Å²) in [7, 11) is 0. The summed E-state index contributed by atoms with van der Waals surface area (Å²) < 4.78 is 21.5. The standard InChI is InChI=1S/C18H25NO13/c20-5-9-11(22)12(23)14(25)18(30-9)32-16-10(6-21)31-17(15(26)13(16)24)29-8-3-1-7(2-4-8)19(27)28/h1-4,9-18,20-26H,5-6H2/t9?,10?,11-,12+,13-,14-,15-,16-,17-,18+/m1/s1. The number of hydrogen-bond donors (Lipinski definition) is 7. The molecule has 180 valence electrons. The van der Waals surface area contributed by atoms with Gasteiger partial charge in [-0.2, -0.15) is 0 Å². The van der Waals surface area contributed by atoms with Crippen molar-refractivity contribution in [2.75, 3.05) is 13.2 Å². The molecule has 2 aliphatic rings. The third-order valence-corrected chi connectivity index (χ3v) is 5.26. The van der Waals surface area contributed by atoms with Crippen molar-refractivity contribution in [3.63, 3.8) is 0 Å². The molecule has 2 saturated heterocycles. The molecule has 2 aliphatic heterocycles. The van der Waals surface area contributed by atoms with Gasteiger partial charge in [0.2, 0.25) is 6.29 Å². The Bertz CT molecular complexity index is 760. The lowest BCUT2D eigenvalue weighted by molar-refractivity contribution is -0.384. The van der Waals surface area contributed by atoms with Crippen LogP contribution < -0.4 is 4.74 Å². The van der Waals surface area contributed by atoms with E-state index >= 15 is 0 Å². The van der Waals surface area contributed by atoms with Crippen molar-refractivity contribution in [3.8, 4) is 5.75 Å². The van der Waals surface area contributed by atoms with Crippen molar-refractivity contribution < 1.29 is 59.6 Å². The Labute approximate surface area is 180 Å². The van der Waals surface area contributed by atoms with Crippen molar-refractivity contribution in [3.05, 3.63) is 34.4 Å². The van der Waals surface area contributed by atoms with Crippen LogP contribution in [0, 0.1) is 10.1 Å². The number of nitro benzene ring substituents is 1. The number of nitrogens with zero attached hydrogens (tertiary/aromatic N) is 1. The maximum atomic E-state index is 10.7. The normalized spacial score (nSPS) is 40.1. The molecule has 1 aromatic rings. The van der Waals surface area contributed by atoms with Gasteiger partial charge in [-0.25, -0.2) is 0 Å². The topological polar surface area (TPSA) is 222 Å². The van der Waals surface area contributed by atoms with Crippen LogP contribution in [0.2, 0.25) is 0 Å². The molecule has 0 radical (unpaired) electrons. The minimum atomic E-state index is -1.77. The van der Waals surface area contributed by atoms with E-state index in [0.717, 1.165) is 12.1 Å².